The van der Waals surface area contributed by atoms with E-state index in [-0.39, 0.29) is 51.4 Å². The minimum absolute atomic E-state index is 0. The fraction of sp³-hybridized carbons (Fsp3) is 0. The van der Waals surface area contributed by atoms with Crippen LogP contribution in [0.1, 0.15) is 0 Å². The minimum atomic E-state index is -3.58. The van der Waals surface area contributed by atoms with Crippen molar-refractivity contribution < 1.29 is 66.9 Å². The Kier molecular flexibility index (Phi) is 7.74. The maximum Gasteiger partial charge on any atom is 1.00 e. The maximum atomic E-state index is 8.13. The van der Waals surface area contributed by atoms with Gasteiger partial charge >= 0.3 is 106 Å². The molecular formula is C4KN4Pd. The van der Waals surface area contributed by atoms with Crippen molar-refractivity contribution in [2.45, 2.75) is 0 Å². The zero-order valence-electron chi connectivity index (χ0n) is 5.11. The van der Waals surface area contributed by atoms with E-state index in [1.807, 2.05) is 0 Å². The van der Waals surface area contributed by atoms with Crippen LogP contribution in [0, 0.1) is 39.2 Å². The van der Waals surface area contributed by atoms with Crippen molar-refractivity contribution in [2.24, 2.45) is 0 Å². The van der Waals surface area contributed by atoms with Crippen LogP contribution in [0.2, 0.25) is 0 Å². The summed E-state index contributed by atoms with van der Waals surface area (Å²) in [7, 11) is 0. The summed E-state index contributed by atoms with van der Waals surface area (Å²) in [6.45, 7) is 0. The molecule has 0 heterocycles. The van der Waals surface area contributed by atoms with Gasteiger partial charge in [-0.3, -0.25) is 0 Å². The summed E-state index contributed by atoms with van der Waals surface area (Å²) in [6.07, 6.45) is 0. The smallest absolute Gasteiger partial charge is 1.00 e. The first-order chi connectivity index (χ1) is 4.24. The normalized spacial score (nSPS) is 8.40. The molecule has 0 fully saturated rings. The fourth-order valence-corrected chi connectivity index (χ4v) is 0.561. The number of nitrogens with zero attached hydrogens (tertiary/aromatic N) is 4. The molecule has 6 heteroatoms. The van der Waals surface area contributed by atoms with Crippen LogP contribution in [0.15, 0.2) is 0 Å². The molecule has 0 aromatic carbocycles. The van der Waals surface area contributed by atoms with Crippen molar-refractivity contribution in [1.29, 1.82) is 21.0 Å². The largest absolute Gasteiger partial charge is 1.00 e. The van der Waals surface area contributed by atoms with Crippen molar-refractivity contribution in [2.75, 3.05) is 0 Å². The zero-order chi connectivity index (χ0) is 7.33. The molecular weight excluding hydrogens is 250 g/mol. The Morgan fingerprint density at radius 3 is 0.900 bits per heavy atom. The van der Waals surface area contributed by atoms with Gasteiger partial charge in [-0.2, -0.15) is 0 Å². The molecule has 0 aromatic heterocycles. The molecule has 0 atom stereocenters. The second-order valence-electron chi connectivity index (χ2n) is 0.757. The van der Waals surface area contributed by atoms with E-state index in [1.165, 1.54) is 18.2 Å². The predicted octanol–water partition coefficient (Wildman–Crippen LogP) is -2.93. The third-order valence-electron chi connectivity index (χ3n) is 0.424. The summed E-state index contributed by atoms with van der Waals surface area (Å²) in [5, 5.41) is 32.5. The molecule has 0 aliphatic rings. The summed E-state index contributed by atoms with van der Waals surface area (Å²) in [6, 6.07) is 0. The summed E-state index contributed by atoms with van der Waals surface area (Å²) >= 11 is -3.58. The summed E-state index contributed by atoms with van der Waals surface area (Å²) in [5.41, 5.74) is 0. The molecule has 0 aromatic rings. The van der Waals surface area contributed by atoms with E-state index in [2.05, 4.69) is 0 Å². The van der Waals surface area contributed by atoms with Gasteiger partial charge in [-0.1, -0.05) is 0 Å². The monoisotopic (exact) mass is 249 g/mol. The molecule has 0 aliphatic carbocycles. The maximum absolute atomic E-state index is 8.13. The minimum Gasteiger partial charge on any atom is 1.00 e. The molecule has 0 amide bonds. The second kappa shape index (κ2) is 6.00. The van der Waals surface area contributed by atoms with Gasteiger partial charge in [0.15, 0.2) is 0 Å². The third kappa shape index (κ3) is 2.90. The van der Waals surface area contributed by atoms with Crippen molar-refractivity contribution in [3.63, 3.8) is 0 Å². The average Bonchev–Trinajstić information content (AvgIpc) is 1.95. The quantitative estimate of drug-likeness (QED) is 0.430. The van der Waals surface area contributed by atoms with E-state index >= 15 is 0 Å². The van der Waals surface area contributed by atoms with E-state index in [0.29, 0.717) is 0 Å². The van der Waals surface area contributed by atoms with Gasteiger partial charge in [0.1, 0.15) is 0 Å². The van der Waals surface area contributed by atoms with Gasteiger partial charge in [-0.25, -0.2) is 0 Å². The van der Waals surface area contributed by atoms with Crippen molar-refractivity contribution in [3.05, 3.63) is 0 Å². The molecule has 0 rings (SSSR count). The Morgan fingerprint density at radius 1 is 0.700 bits per heavy atom. The van der Waals surface area contributed by atoms with Crippen LogP contribution in [-0.4, -0.2) is 0 Å². The summed E-state index contributed by atoms with van der Waals surface area (Å²) < 4.78 is 5.72. The zero-order valence-corrected chi connectivity index (χ0v) is 9.78. The summed E-state index contributed by atoms with van der Waals surface area (Å²) in [5.74, 6) is 0. The second-order valence-corrected chi connectivity index (χ2v) is 4.48. The van der Waals surface area contributed by atoms with E-state index < -0.39 is 15.5 Å². The molecule has 0 unspecified atom stereocenters. The van der Waals surface area contributed by atoms with Crippen molar-refractivity contribution in [3.8, 4) is 18.2 Å². The van der Waals surface area contributed by atoms with E-state index in [4.69, 9.17) is 21.0 Å². The SMILES string of the molecule is N#[C][Pd-]([C]#N)([C]#N)[C]#N.[K+]. The first kappa shape index (κ1) is 12.9. The van der Waals surface area contributed by atoms with Crippen molar-refractivity contribution >= 4 is 0 Å². The molecule has 0 saturated heterocycles. The Bertz CT molecular complexity index is 210. The summed E-state index contributed by atoms with van der Waals surface area (Å²) in [4.78, 5) is 0. The fourth-order valence-electron chi connectivity index (χ4n) is 0.0949. The Hall–Kier alpha value is 0.259. The van der Waals surface area contributed by atoms with Crippen LogP contribution < -0.4 is 51.4 Å². The van der Waals surface area contributed by atoms with Crippen LogP contribution >= 0.6 is 0 Å². The molecule has 0 bridgehead atoms. The van der Waals surface area contributed by atoms with Crippen LogP contribution in [0.5, 0.6) is 0 Å². The van der Waals surface area contributed by atoms with Gasteiger partial charge in [0.25, 0.3) is 0 Å². The Balaban J connectivity index is 0. The number of rotatable bonds is 0. The van der Waals surface area contributed by atoms with E-state index in [0.717, 1.165) is 0 Å². The number of hydrogen-bond donors (Lipinski definition) is 0. The van der Waals surface area contributed by atoms with Gasteiger partial charge in [0, 0.05) is 0 Å². The van der Waals surface area contributed by atoms with Crippen LogP contribution in [0.25, 0.3) is 0 Å². The molecule has 0 spiro atoms. The Morgan fingerprint density at radius 2 is 0.900 bits per heavy atom. The average molecular weight is 250 g/mol. The third-order valence-corrected chi connectivity index (χ3v) is 2.51. The van der Waals surface area contributed by atoms with Gasteiger partial charge < -0.3 is 0 Å². The number of hydrogen-bond acceptors (Lipinski definition) is 4. The van der Waals surface area contributed by atoms with Crippen LogP contribution in [-0.2, 0) is 15.5 Å². The van der Waals surface area contributed by atoms with Crippen LogP contribution in [0.3, 0.4) is 0 Å². The van der Waals surface area contributed by atoms with Gasteiger partial charge in [-0.05, 0) is 0 Å². The topological polar surface area (TPSA) is 95.2 Å². The predicted molar refractivity (Wildman–Crippen MR) is 22.5 cm³/mol. The van der Waals surface area contributed by atoms with Crippen molar-refractivity contribution in [1.82, 2.24) is 0 Å². The van der Waals surface area contributed by atoms with E-state index in [1.54, 1.807) is 0 Å². The Labute approximate surface area is 104 Å². The first-order valence-electron chi connectivity index (χ1n) is 1.53. The molecule has 4 nitrogen and oxygen atoms in total. The first-order valence-corrected chi connectivity index (χ1v) is 4.64. The standard InChI is InChI=1S/4CN.K.Pd/c4*1-2;;/q;;;;+1;-1. The molecule has 0 N–H and O–H groups in total. The van der Waals surface area contributed by atoms with Gasteiger partial charge in [-0.15, -0.1) is 0 Å². The van der Waals surface area contributed by atoms with E-state index in [9.17, 15) is 0 Å². The molecule has 0 saturated carbocycles. The van der Waals surface area contributed by atoms with Gasteiger partial charge in [0.2, 0.25) is 0 Å². The van der Waals surface area contributed by atoms with Crippen LogP contribution in [0.4, 0.5) is 0 Å². The molecule has 0 radical (unpaired) electrons. The number of nitriles is 4. The molecule has 10 heavy (non-hydrogen) atoms. The molecule has 47 valence electrons. The van der Waals surface area contributed by atoms with Gasteiger partial charge in [0.05, 0.1) is 0 Å². The molecule has 0 aliphatic heterocycles.